The van der Waals surface area contributed by atoms with Crippen molar-refractivity contribution in [2.24, 2.45) is 0 Å². The zero-order chi connectivity index (χ0) is 16.4. The summed E-state index contributed by atoms with van der Waals surface area (Å²) in [5.41, 5.74) is 1.38. The molecule has 25 heavy (non-hydrogen) atoms. The van der Waals surface area contributed by atoms with E-state index in [1.165, 1.54) is 0 Å². The molecule has 0 unspecified atom stereocenters. The highest BCUT2D eigenvalue weighted by atomic mass is 35.5. The van der Waals surface area contributed by atoms with E-state index in [1.54, 1.807) is 29.1 Å². The molecule has 9 heteroatoms. The predicted octanol–water partition coefficient (Wildman–Crippen LogP) is 1.68. The van der Waals surface area contributed by atoms with Crippen LogP contribution in [0.25, 0.3) is 17.1 Å². The fourth-order valence-corrected chi connectivity index (χ4v) is 2.69. The molecule has 1 aliphatic rings. The molecule has 0 bridgehead atoms. The number of hydrogen-bond donors (Lipinski definition) is 2. The molecule has 1 fully saturated rings. The first kappa shape index (κ1) is 17.2. The molecule has 3 aromatic rings. The molecule has 2 N–H and O–H groups in total. The molecule has 4 heterocycles. The van der Waals surface area contributed by atoms with E-state index in [4.69, 9.17) is 9.15 Å². The molecule has 0 amide bonds. The summed E-state index contributed by atoms with van der Waals surface area (Å²) < 4.78 is 12.6. The Labute approximate surface area is 150 Å². The van der Waals surface area contributed by atoms with Crippen molar-refractivity contribution in [1.82, 2.24) is 19.9 Å². The lowest BCUT2D eigenvalue weighted by Crippen LogP contribution is -2.42. The quantitative estimate of drug-likeness (QED) is 0.730. The number of anilines is 1. The number of rotatable bonds is 4. The first-order valence-electron chi connectivity index (χ1n) is 7.74. The second kappa shape index (κ2) is 7.53. The van der Waals surface area contributed by atoms with Crippen molar-refractivity contribution in [2.45, 2.75) is 6.10 Å². The second-order valence-corrected chi connectivity index (χ2v) is 5.47. The highest BCUT2D eigenvalue weighted by molar-refractivity contribution is 5.85. The molecule has 0 aromatic carbocycles. The van der Waals surface area contributed by atoms with Gasteiger partial charge in [-0.05, 0) is 18.2 Å². The summed E-state index contributed by atoms with van der Waals surface area (Å²) in [4.78, 5) is 4.51. The Hall–Kier alpha value is -2.60. The standard InChI is InChI=1S/C16H16N6O2.ClH/c17-8-12-15(13-2-1-6-24-13)21-22-5-3-14(20-16(12)22)19-10-11-9-18-4-7-23-11;/h1-3,5-6,11,18H,4,7,9-10H2,(H,19,20);1H/t11-;/m0./s1. The van der Waals surface area contributed by atoms with Gasteiger partial charge >= 0.3 is 0 Å². The number of nitrogens with one attached hydrogen (secondary N) is 2. The second-order valence-electron chi connectivity index (χ2n) is 5.47. The van der Waals surface area contributed by atoms with Crippen LogP contribution in [0.15, 0.2) is 35.1 Å². The number of morpholine rings is 1. The summed E-state index contributed by atoms with van der Waals surface area (Å²) >= 11 is 0. The molecular weight excluding hydrogens is 344 g/mol. The average Bonchev–Trinajstić information content (AvgIpc) is 3.27. The predicted molar refractivity (Wildman–Crippen MR) is 93.8 cm³/mol. The smallest absolute Gasteiger partial charge is 0.175 e. The van der Waals surface area contributed by atoms with Gasteiger partial charge in [-0.15, -0.1) is 12.4 Å². The molecule has 0 aliphatic carbocycles. The molecule has 1 saturated heterocycles. The van der Waals surface area contributed by atoms with E-state index in [-0.39, 0.29) is 18.5 Å². The lowest BCUT2D eigenvalue weighted by Gasteiger charge is -2.23. The van der Waals surface area contributed by atoms with E-state index in [1.807, 2.05) is 6.07 Å². The molecule has 3 aromatic heterocycles. The van der Waals surface area contributed by atoms with Gasteiger partial charge in [0.05, 0.1) is 19.0 Å². The van der Waals surface area contributed by atoms with Crippen molar-refractivity contribution in [2.75, 3.05) is 31.6 Å². The Morgan fingerprint density at radius 2 is 2.36 bits per heavy atom. The lowest BCUT2D eigenvalue weighted by atomic mass is 10.2. The summed E-state index contributed by atoms with van der Waals surface area (Å²) in [6.45, 7) is 3.06. The molecule has 1 atom stereocenters. The van der Waals surface area contributed by atoms with E-state index >= 15 is 0 Å². The first-order chi connectivity index (χ1) is 11.8. The third-order valence-corrected chi connectivity index (χ3v) is 3.87. The first-order valence-corrected chi connectivity index (χ1v) is 7.74. The fraction of sp³-hybridized carbons (Fsp3) is 0.312. The van der Waals surface area contributed by atoms with Crippen LogP contribution in [0.2, 0.25) is 0 Å². The normalized spacial score (nSPS) is 17.0. The average molecular weight is 361 g/mol. The number of ether oxygens (including phenoxy) is 1. The summed E-state index contributed by atoms with van der Waals surface area (Å²) in [5, 5.41) is 20.4. The van der Waals surface area contributed by atoms with Crippen LogP contribution in [-0.4, -0.2) is 46.9 Å². The molecule has 0 spiro atoms. The van der Waals surface area contributed by atoms with Crippen LogP contribution in [-0.2, 0) is 4.74 Å². The van der Waals surface area contributed by atoms with Gasteiger partial charge in [-0.1, -0.05) is 0 Å². The van der Waals surface area contributed by atoms with Gasteiger partial charge in [-0.3, -0.25) is 0 Å². The van der Waals surface area contributed by atoms with Crippen LogP contribution in [0.4, 0.5) is 5.82 Å². The maximum absolute atomic E-state index is 9.50. The molecular formula is C16H17ClN6O2. The Bertz CT molecular complexity index is 880. The van der Waals surface area contributed by atoms with Crippen molar-refractivity contribution in [1.29, 1.82) is 5.26 Å². The van der Waals surface area contributed by atoms with E-state index in [2.05, 4.69) is 26.8 Å². The number of halogens is 1. The van der Waals surface area contributed by atoms with Crippen LogP contribution >= 0.6 is 12.4 Å². The Morgan fingerprint density at radius 3 is 3.08 bits per heavy atom. The topological polar surface area (TPSA) is 100 Å². The van der Waals surface area contributed by atoms with Gasteiger partial charge in [0.1, 0.15) is 23.1 Å². The van der Waals surface area contributed by atoms with Crippen LogP contribution < -0.4 is 10.6 Å². The summed E-state index contributed by atoms with van der Waals surface area (Å²) in [6.07, 6.45) is 3.44. The van der Waals surface area contributed by atoms with Crippen LogP contribution in [0.1, 0.15) is 5.56 Å². The van der Waals surface area contributed by atoms with E-state index in [0.717, 1.165) is 13.1 Å². The van der Waals surface area contributed by atoms with E-state index in [9.17, 15) is 5.26 Å². The summed E-state index contributed by atoms with van der Waals surface area (Å²) in [5.74, 6) is 1.23. The molecule has 0 radical (unpaired) electrons. The van der Waals surface area contributed by atoms with Gasteiger partial charge in [0.15, 0.2) is 11.4 Å². The molecule has 130 valence electrons. The van der Waals surface area contributed by atoms with Gasteiger partial charge in [0.25, 0.3) is 0 Å². The Morgan fingerprint density at radius 1 is 1.44 bits per heavy atom. The monoisotopic (exact) mass is 360 g/mol. The van der Waals surface area contributed by atoms with Crippen molar-refractivity contribution in [3.63, 3.8) is 0 Å². The van der Waals surface area contributed by atoms with E-state index in [0.29, 0.717) is 41.6 Å². The van der Waals surface area contributed by atoms with Crippen LogP contribution in [0, 0.1) is 11.3 Å². The largest absolute Gasteiger partial charge is 0.463 e. The van der Waals surface area contributed by atoms with Crippen molar-refractivity contribution in [3.8, 4) is 17.5 Å². The van der Waals surface area contributed by atoms with Crippen LogP contribution in [0.3, 0.4) is 0 Å². The third-order valence-electron chi connectivity index (χ3n) is 3.87. The summed E-state index contributed by atoms with van der Waals surface area (Å²) in [7, 11) is 0. The van der Waals surface area contributed by atoms with Gasteiger partial charge in [0, 0.05) is 25.8 Å². The number of nitrogens with zero attached hydrogens (tertiary/aromatic N) is 4. The zero-order valence-electron chi connectivity index (χ0n) is 13.3. The highest BCUT2D eigenvalue weighted by Gasteiger charge is 2.18. The fourth-order valence-electron chi connectivity index (χ4n) is 2.69. The number of hydrogen-bond acceptors (Lipinski definition) is 7. The van der Waals surface area contributed by atoms with Crippen LogP contribution in [0.5, 0.6) is 0 Å². The van der Waals surface area contributed by atoms with Crippen molar-refractivity contribution in [3.05, 3.63) is 36.2 Å². The number of aromatic nitrogens is 3. The number of furan rings is 1. The maximum Gasteiger partial charge on any atom is 0.175 e. The maximum atomic E-state index is 9.50. The van der Waals surface area contributed by atoms with Gasteiger partial charge < -0.3 is 19.8 Å². The minimum absolute atomic E-state index is 0. The highest BCUT2D eigenvalue weighted by Crippen LogP contribution is 2.25. The SMILES string of the molecule is Cl.N#Cc1c(-c2ccco2)nn2ccc(NC[C@@H]3CNCCO3)nc12. The minimum Gasteiger partial charge on any atom is -0.463 e. The summed E-state index contributed by atoms with van der Waals surface area (Å²) in [6, 6.07) is 7.53. The third kappa shape index (κ3) is 3.44. The van der Waals surface area contributed by atoms with Gasteiger partial charge in [-0.25, -0.2) is 9.50 Å². The number of fused-ring (bicyclic) bond motifs is 1. The molecule has 1 aliphatic heterocycles. The molecule has 8 nitrogen and oxygen atoms in total. The number of nitriles is 1. The molecule has 4 rings (SSSR count). The zero-order valence-corrected chi connectivity index (χ0v) is 14.1. The van der Waals surface area contributed by atoms with Gasteiger partial charge in [-0.2, -0.15) is 10.4 Å². The molecule has 0 saturated carbocycles. The van der Waals surface area contributed by atoms with Gasteiger partial charge in [0.2, 0.25) is 0 Å². The Kier molecular flexibility index (Phi) is 5.19. The van der Waals surface area contributed by atoms with Crippen molar-refractivity contribution >= 4 is 23.9 Å². The van der Waals surface area contributed by atoms with Crippen molar-refractivity contribution < 1.29 is 9.15 Å². The van der Waals surface area contributed by atoms with E-state index < -0.39 is 0 Å². The Balaban J connectivity index is 0.00000182. The lowest BCUT2D eigenvalue weighted by molar-refractivity contribution is 0.0372. The minimum atomic E-state index is 0.